The van der Waals surface area contributed by atoms with Crippen molar-refractivity contribution >= 4 is 22.6 Å². The SMILES string of the molecule is O=C(Nc1cccnc1)c1cccc2[nH]c(-c3cccc(-c4nnn[nH]4)c3)nc12. The van der Waals surface area contributed by atoms with Gasteiger partial charge >= 0.3 is 0 Å². The molecule has 0 saturated heterocycles. The van der Waals surface area contributed by atoms with E-state index in [1.807, 2.05) is 36.4 Å². The van der Waals surface area contributed by atoms with Crippen LogP contribution in [0, 0.1) is 0 Å². The van der Waals surface area contributed by atoms with Crippen LogP contribution in [0.2, 0.25) is 0 Å². The fourth-order valence-corrected chi connectivity index (χ4v) is 3.08. The quantitative estimate of drug-likeness (QED) is 0.439. The average Bonchev–Trinajstić information content (AvgIpc) is 3.44. The molecule has 3 heterocycles. The van der Waals surface area contributed by atoms with Crippen LogP contribution in [0.1, 0.15) is 10.4 Å². The van der Waals surface area contributed by atoms with Gasteiger partial charge in [0.05, 0.1) is 23.0 Å². The summed E-state index contributed by atoms with van der Waals surface area (Å²) in [5.41, 5.74) is 4.15. The fraction of sp³-hybridized carbons (Fsp3) is 0. The van der Waals surface area contributed by atoms with Crippen LogP contribution in [0.3, 0.4) is 0 Å². The molecule has 1 amide bonds. The summed E-state index contributed by atoms with van der Waals surface area (Å²) in [5, 5.41) is 16.7. The number of benzene rings is 2. The van der Waals surface area contributed by atoms with Crippen molar-refractivity contribution in [3.8, 4) is 22.8 Å². The Morgan fingerprint density at radius 3 is 2.62 bits per heavy atom. The van der Waals surface area contributed by atoms with E-state index in [0.29, 0.717) is 28.4 Å². The van der Waals surface area contributed by atoms with Gasteiger partial charge in [0.25, 0.3) is 5.91 Å². The predicted octanol–water partition coefficient (Wildman–Crippen LogP) is 3.06. The molecule has 3 aromatic heterocycles. The summed E-state index contributed by atoms with van der Waals surface area (Å²) >= 11 is 0. The maximum atomic E-state index is 12.8. The maximum Gasteiger partial charge on any atom is 0.257 e. The summed E-state index contributed by atoms with van der Waals surface area (Å²) in [5.74, 6) is 0.971. The standard InChI is InChI=1S/C20H14N8O/c29-20(22-14-6-3-9-21-11-14)15-7-2-8-16-17(15)24-18(23-16)12-4-1-5-13(10-12)19-25-27-28-26-19/h1-11H,(H,22,29)(H,23,24)(H,25,26,27,28). The first kappa shape index (κ1) is 16.8. The predicted molar refractivity (Wildman–Crippen MR) is 107 cm³/mol. The molecule has 0 atom stereocenters. The van der Waals surface area contributed by atoms with Crippen molar-refractivity contribution in [2.45, 2.75) is 0 Å². The summed E-state index contributed by atoms with van der Waals surface area (Å²) in [4.78, 5) is 24.7. The minimum Gasteiger partial charge on any atom is -0.338 e. The zero-order valence-electron chi connectivity index (χ0n) is 15.0. The van der Waals surface area contributed by atoms with Gasteiger partial charge in [-0.15, -0.1) is 5.10 Å². The lowest BCUT2D eigenvalue weighted by atomic mass is 10.1. The lowest BCUT2D eigenvalue weighted by molar-refractivity contribution is 0.102. The zero-order chi connectivity index (χ0) is 19.6. The Bertz CT molecular complexity index is 1290. The minimum absolute atomic E-state index is 0.247. The number of hydrogen-bond donors (Lipinski definition) is 3. The molecule has 0 unspecified atom stereocenters. The molecule has 2 aromatic carbocycles. The van der Waals surface area contributed by atoms with Crippen molar-refractivity contribution in [3.05, 3.63) is 72.6 Å². The number of carbonyl (C=O) groups excluding carboxylic acids is 1. The van der Waals surface area contributed by atoms with Gasteiger partial charge in [-0.3, -0.25) is 9.78 Å². The first-order chi connectivity index (χ1) is 14.3. The Hall–Kier alpha value is -4.40. The fourth-order valence-electron chi connectivity index (χ4n) is 3.08. The Morgan fingerprint density at radius 1 is 0.966 bits per heavy atom. The molecule has 3 N–H and O–H groups in total. The Labute approximate surface area is 164 Å². The molecule has 0 aliphatic rings. The first-order valence-corrected chi connectivity index (χ1v) is 8.82. The van der Waals surface area contributed by atoms with Crippen LogP contribution in [-0.4, -0.2) is 41.5 Å². The molecule has 9 nitrogen and oxygen atoms in total. The number of nitrogens with zero attached hydrogens (tertiary/aromatic N) is 5. The molecular weight excluding hydrogens is 368 g/mol. The average molecular weight is 382 g/mol. The molecule has 0 saturated carbocycles. The topological polar surface area (TPSA) is 125 Å². The molecule has 0 bridgehead atoms. The maximum absolute atomic E-state index is 12.8. The van der Waals surface area contributed by atoms with Gasteiger partial charge in [0.1, 0.15) is 11.3 Å². The molecule has 0 aliphatic carbocycles. The second-order valence-electron chi connectivity index (χ2n) is 6.31. The molecule has 5 rings (SSSR count). The third kappa shape index (κ3) is 3.21. The highest BCUT2D eigenvalue weighted by Crippen LogP contribution is 2.26. The van der Waals surface area contributed by atoms with Crippen LogP contribution in [0.5, 0.6) is 0 Å². The van der Waals surface area contributed by atoms with Gasteiger partial charge in [-0.1, -0.05) is 24.3 Å². The van der Waals surface area contributed by atoms with Crippen LogP contribution in [0.25, 0.3) is 33.8 Å². The van der Waals surface area contributed by atoms with E-state index < -0.39 is 0 Å². The van der Waals surface area contributed by atoms with Crippen LogP contribution in [-0.2, 0) is 0 Å². The normalized spacial score (nSPS) is 10.9. The third-order valence-corrected chi connectivity index (χ3v) is 4.43. The van der Waals surface area contributed by atoms with Crippen LogP contribution in [0.15, 0.2) is 67.0 Å². The second-order valence-corrected chi connectivity index (χ2v) is 6.31. The Kier molecular flexibility index (Phi) is 4.02. The highest BCUT2D eigenvalue weighted by Gasteiger charge is 2.15. The smallest absolute Gasteiger partial charge is 0.257 e. The summed E-state index contributed by atoms with van der Waals surface area (Å²) in [6.07, 6.45) is 3.25. The monoisotopic (exact) mass is 382 g/mol. The van der Waals surface area contributed by atoms with E-state index in [1.165, 1.54) is 0 Å². The number of rotatable bonds is 4. The molecule has 0 aliphatic heterocycles. The number of imidazole rings is 1. The van der Waals surface area contributed by atoms with Gasteiger partial charge in [0.2, 0.25) is 0 Å². The largest absolute Gasteiger partial charge is 0.338 e. The van der Waals surface area contributed by atoms with Gasteiger partial charge in [-0.05, 0) is 40.8 Å². The van der Waals surface area contributed by atoms with E-state index in [9.17, 15) is 4.79 Å². The van der Waals surface area contributed by atoms with E-state index in [-0.39, 0.29) is 5.91 Å². The number of pyridine rings is 1. The molecule has 5 aromatic rings. The number of H-pyrrole nitrogens is 2. The number of nitrogens with one attached hydrogen (secondary N) is 3. The number of para-hydroxylation sites is 1. The highest BCUT2D eigenvalue weighted by atomic mass is 16.1. The number of fused-ring (bicyclic) bond motifs is 1. The molecule has 9 heteroatoms. The first-order valence-electron chi connectivity index (χ1n) is 8.82. The molecule has 0 fully saturated rings. The van der Waals surface area contributed by atoms with Gasteiger partial charge in [0.15, 0.2) is 5.82 Å². The summed E-state index contributed by atoms with van der Waals surface area (Å²) in [6, 6.07) is 16.7. The van der Waals surface area contributed by atoms with Crippen molar-refractivity contribution in [2.24, 2.45) is 0 Å². The number of aromatic nitrogens is 7. The number of carbonyl (C=O) groups is 1. The molecular formula is C20H14N8O. The van der Waals surface area contributed by atoms with Crippen molar-refractivity contribution in [1.29, 1.82) is 0 Å². The number of tetrazole rings is 1. The van der Waals surface area contributed by atoms with Crippen molar-refractivity contribution in [2.75, 3.05) is 5.32 Å². The van der Waals surface area contributed by atoms with Gasteiger partial charge < -0.3 is 10.3 Å². The Balaban J connectivity index is 1.52. The molecule has 0 spiro atoms. The number of aromatic amines is 2. The zero-order valence-corrected chi connectivity index (χ0v) is 15.0. The van der Waals surface area contributed by atoms with Crippen molar-refractivity contribution < 1.29 is 4.79 Å². The van der Waals surface area contributed by atoms with E-state index in [1.54, 1.807) is 30.6 Å². The van der Waals surface area contributed by atoms with E-state index in [2.05, 4.69) is 40.9 Å². The lowest BCUT2D eigenvalue weighted by Gasteiger charge is -2.04. The Morgan fingerprint density at radius 2 is 1.83 bits per heavy atom. The summed E-state index contributed by atoms with van der Waals surface area (Å²) in [6.45, 7) is 0. The number of amides is 1. The molecule has 140 valence electrons. The van der Waals surface area contributed by atoms with Crippen molar-refractivity contribution in [3.63, 3.8) is 0 Å². The number of anilines is 1. The van der Waals surface area contributed by atoms with Crippen LogP contribution in [0.4, 0.5) is 5.69 Å². The van der Waals surface area contributed by atoms with E-state index in [4.69, 9.17) is 0 Å². The summed E-state index contributed by atoms with van der Waals surface area (Å²) in [7, 11) is 0. The van der Waals surface area contributed by atoms with Gasteiger partial charge in [-0.2, -0.15) is 0 Å². The van der Waals surface area contributed by atoms with Crippen LogP contribution < -0.4 is 5.32 Å². The third-order valence-electron chi connectivity index (χ3n) is 4.43. The van der Waals surface area contributed by atoms with E-state index >= 15 is 0 Å². The highest BCUT2D eigenvalue weighted by molar-refractivity contribution is 6.11. The number of hydrogen-bond acceptors (Lipinski definition) is 6. The summed E-state index contributed by atoms with van der Waals surface area (Å²) < 4.78 is 0. The minimum atomic E-state index is -0.247. The van der Waals surface area contributed by atoms with Gasteiger partial charge in [0, 0.05) is 17.3 Å². The van der Waals surface area contributed by atoms with Crippen LogP contribution >= 0.6 is 0 Å². The molecule has 29 heavy (non-hydrogen) atoms. The lowest BCUT2D eigenvalue weighted by Crippen LogP contribution is -2.12. The van der Waals surface area contributed by atoms with E-state index in [0.717, 1.165) is 16.6 Å². The van der Waals surface area contributed by atoms with Gasteiger partial charge in [-0.25, -0.2) is 10.1 Å². The second kappa shape index (κ2) is 6.97. The molecule has 0 radical (unpaired) electrons. The van der Waals surface area contributed by atoms with Crippen molar-refractivity contribution in [1.82, 2.24) is 35.6 Å².